The molecule has 0 aliphatic rings. The van der Waals surface area contributed by atoms with Crippen LogP contribution in [0.4, 0.5) is 3.55 Å². The van der Waals surface area contributed by atoms with Crippen molar-refractivity contribution in [2.45, 2.75) is 0 Å². The SMILES string of the molecule is N#[C][Fe-4]([F])([C]#N)([C]#N)([C]#N)[C]#N.[Fe+2].[Fe+2]. The summed E-state index contributed by atoms with van der Waals surface area (Å²) >= 11 is -6.93. The molecule has 0 radical (unpaired) electrons. The van der Waals surface area contributed by atoms with Crippen LogP contribution in [0.25, 0.3) is 0 Å². The van der Waals surface area contributed by atoms with Gasteiger partial charge in [-0.05, 0) is 0 Å². The molecule has 9 heteroatoms. The zero-order valence-electron chi connectivity index (χ0n) is 6.17. The molecule has 0 fully saturated rings. The summed E-state index contributed by atoms with van der Waals surface area (Å²) in [5, 5.41) is 41.2. The number of nitrogens with zero attached hydrogens (tertiary/aromatic N) is 5. The van der Waals surface area contributed by atoms with Crippen molar-refractivity contribution in [3.05, 3.63) is 0 Å². The second-order valence-corrected chi connectivity index (χ2v) is 6.65. The van der Waals surface area contributed by atoms with E-state index >= 15 is 0 Å². The van der Waals surface area contributed by atoms with Crippen LogP contribution < -0.4 is 0 Å². The van der Waals surface area contributed by atoms with Gasteiger partial charge in [0.25, 0.3) is 0 Å². The second kappa shape index (κ2) is 3.98. The van der Waals surface area contributed by atoms with Gasteiger partial charge >= 0.3 is 100 Å². The Morgan fingerprint density at radius 3 is 0.786 bits per heavy atom. The van der Waals surface area contributed by atoms with Crippen LogP contribution in [0.2, 0.25) is 0 Å². The van der Waals surface area contributed by atoms with Gasteiger partial charge in [-0.15, -0.1) is 0 Å². The summed E-state index contributed by atoms with van der Waals surface area (Å²) in [4.78, 5) is 3.19. The van der Waals surface area contributed by atoms with E-state index in [1.807, 2.05) is 0 Å². The van der Waals surface area contributed by atoms with Gasteiger partial charge in [-0.3, -0.25) is 0 Å². The van der Waals surface area contributed by atoms with Gasteiger partial charge < -0.3 is 0 Å². The first-order valence-electron chi connectivity index (χ1n) is 2.14. The minimum Gasteiger partial charge on any atom is 2.00 e. The van der Waals surface area contributed by atoms with E-state index in [4.69, 9.17) is 26.3 Å². The molecule has 0 aliphatic carbocycles. The summed E-state index contributed by atoms with van der Waals surface area (Å²) in [6.07, 6.45) is 0. The molecule has 0 rings (SSSR count). The summed E-state index contributed by atoms with van der Waals surface area (Å²) in [5.74, 6) is 0. The average molecular weight is 317 g/mol. The Morgan fingerprint density at radius 2 is 0.786 bits per heavy atom. The zero-order valence-corrected chi connectivity index (χ0v) is 9.49. The van der Waals surface area contributed by atoms with E-state index in [2.05, 4.69) is 0 Å². The van der Waals surface area contributed by atoms with Crippen LogP contribution >= 0.6 is 0 Å². The third kappa shape index (κ3) is 1.89. The van der Waals surface area contributed by atoms with Crippen molar-refractivity contribution in [1.82, 2.24) is 0 Å². The first-order chi connectivity index (χ1) is 5.39. The van der Waals surface area contributed by atoms with Crippen molar-refractivity contribution in [2.24, 2.45) is 0 Å². The quantitative estimate of drug-likeness (QED) is 0.603. The van der Waals surface area contributed by atoms with Crippen molar-refractivity contribution < 1.29 is 48.9 Å². The summed E-state index contributed by atoms with van der Waals surface area (Å²) in [6, 6.07) is 0. The van der Waals surface area contributed by atoms with E-state index in [1.54, 1.807) is 0 Å². The number of hydrogen-bond acceptors (Lipinski definition) is 5. The fourth-order valence-corrected chi connectivity index (χ4v) is 0.729. The Balaban J connectivity index is -0.000000605. The number of halogens is 1. The molecule has 0 N–H and O–H groups in total. The second-order valence-electron chi connectivity index (χ2n) is 1.61. The van der Waals surface area contributed by atoms with Crippen molar-refractivity contribution in [3.8, 4) is 24.8 Å². The van der Waals surface area contributed by atoms with E-state index in [0.717, 1.165) is 0 Å². The summed E-state index contributed by atoms with van der Waals surface area (Å²) in [5.41, 5.74) is 0. The van der Waals surface area contributed by atoms with Crippen molar-refractivity contribution in [1.29, 1.82) is 26.3 Å². The maximum absolute atomic E-state index is 13.6. The normalized spacial score (nSPS) is 12.3. The van der Waals surface area contributed by atoms with Crippen LogP contribution in [-0.4, -0.2) is 0 Å². The predicted molar refractivity (Wildman–Crippen MR) is 29.2 cm³/mol. The Bertz CT molecular complexity index is 358. The minimum atomic E-state index is -6.93. The summed E-state index contributed by atoms with van der Waals surface area (Å²) in [7, 11) is 0. The van der Waals surface area contributed by atoms with Crippen LogP contribution in [0.15, 0.2) is 0 Å². The average Bonchev–Trinajstić information content (AvgIpc) is 2.19. The number of rotatable bonds is 0. The van der Waals surface area contributed by atoms with E-state index in [-0.39, 0.29) is 34.1 Å². The Hall–Kier alpha value is -1.06. The molecule has 0 aliphatic heterocycles. The van der Waals surface area contributed by atoms with Gasteiger partial charge in [0.1, 0.15) is 0 Å². The zero-order chi connectivity index (χ0) is 9.94. The molecular weight excluding hydrogens is 317 g/mol. The molecule has 14 heavy (non-hydrogen) atoms. The monoisotopic (exact) mass is 317 g/mol. The molecule has 76 valence electrons. The Kier molecular flexibility index (Phi) is 5.31. The molecule has 0 aromatic carbocycles. The summed E-state index contributed by atoms with van der Waals surface area (Å²) < 4.78 is 13.6. The fourth-order valence-electron chi connectivity index (χ4n) is 0.177. The smallest absolute Gasteiger partial charge is 2.00 e. The molecule has 0 aromatic heterocycles. The topological polar surface area (TPSA) is 119 Å². The van der Waals surface area contributed by atoms with Gasteiger partial charge in [-0.2, -0.15) is 0 Å². The Labute approximate surface area is 99.6 Å². The van der Waals surface area contributed by atoms with Crippen LogP contribution in [0.1, 0.15) is 0 Å². The largest absolute Gasteiger partial charge is 2.00 e. The van der Waals surface area contributed by atoms with Gasteiger partial charge in [-0.25, -0.2) is 0 Å². The van der Waals surface area contributed by atoms with Gasteiger partial charge in [-0.1, -0.05) is 0 Å². The molecule has 0 amide bonds. The van der Waals surface area contributed by atoms with Crippen LogP contribution in [-0.2, 0) is 45.3 Å². The van der Waals surface area contributed by atoms with Gasteiger partial charge in [0, 0.05) is 0 Å². The van der Waals surface area contributed by atoms with Crippen LogP contribution in [0.5, 0.6) is 0 Å². The molecule has 0 heterocycles. The van der Waals surface area contributed by atoms with E-state index < -0.39 is 11.2 Å². The maximum atomic E-state index is 13.6. The van der Waals surface area contributed by atoms with Gasteiger partial charge in [0.05, 0.1) is 0 Å². The Morgan fingerprint density at radius 1 is 0.643 bits per heavy atom. The van der Waals surface area contributed by atoms with Crippen LogP contribution in [0, 0.1) is 51.1 Å². The maximum Gasteiger partial charge on any atom is 2.00 e. The van der Waals surface area contributed by atoms with Crippen molar-refractivity contribution >= 4 is 0 Å². The molecule has 0 saturated heterocycles. The van der Waals surface area contributed by atoms with E-state index in [0.29, 0.717) is 24.8 Å². The minimum absolute atomic E-state index is 0. The standard InChI is InChI=1S/5CN.FH.3Fe/c5*1-2;;;;/h;;;;;1H;;;/q;;;;;;-3;2*+2/p-1. The molecule has 0 aromatic rings. The first kappa shape index (κ1) is 18.7. The van der Waals surface area contributed by atoms with Gasteiger partial charge in [0.2, 0.25) is 0 Å². The fraction of sp³-hybridized carbons (Fsp3) is 0. The molecule has 0 atom stereocenters. The molecule has 0 saturated carbocycles. The molecule has 5 nitrogen and oxygen atoms in total. The molecule has 0 bridgehead atoms. The first-order valence-corrected chi connectivity index (χ1v) is 5.31. The van der Waals surface area contributed by atoms with Crippen molar-refractivity contribution in [2.75, 3.05) is 0 Å². The molecular formula is C5FFe3N5. The van der Waals surface area contributed by atoms with Crippen LogP contribution in [0.3, 0.4) is 0 Å². The third-order valence-electron chi connectivity index (χ3n) is 0.940. The molecule has 0 unspecified atom stereocenters. The van der Waals surface area contributed by atoms with E-state index in [1.165, 1.54) is 0 Å². The molecule has 0 spiro atoms. The predicted octanol–water partition coefficient (Wildman–Crippen LogP) is 0.497. The van der Waals surface area contributed by atoms with E-state index in [9.17, 15) is 3.55 Å². The van der Waals surface area contributed by atoms with Gasteiger partial charge in [0.15, 0.2) is 0 Å². The number of nitriles is 5. The summed E-state index contributed by atoms with van der Waals surface area (Å²) in [6.45, 7) is 0. The third-order valence-corrected chi connectivity index (χ3v) is 3.88. The number of hydrogen-bond donors (Lipinski definition) is 0. The van der Waals surface area contributed by atoms with Crippen molar-refractivity contribution in [3.63, 3.8) is 0 Å².